The lowest BCUT2D eigenvalue weighted by Crippen LogP contribution is -2.39. The summed E-state index contributed by atoms with van der Waals surface area (Å²) in [6.45, 7) is 5.96. The fraction of sp³-hybridized carbons (Fsp3) is 0.316. The molecule has 4 heteroatoms. The molecule has 0 saturated heterocycles. The summed E-state index contributed by atoms with van der Waals surface area (Å²) in [6, 6.07) is 11.9. The molecule has 0 bridgehead atoms. The Morgan fingerprint density at radius 3 is 2.61 bits per heavy atom. The highest BCUT2D eigenvalue weighted by atomic mass is 35.5. The van der Waals surface area contributed by atoms with Crippen molar-refractivity contribution in [3.8, 4) is 5.75 Å². The molecule has 1 aliphatic heterocycles. The molecule has 0 N–H and O–H groups in total. The molecule has 120 valence electrons. The molecule has 0 unspecified atom stereocenters. The quantitative estimate of drug-likeness (QED) is 0.839. The number of anilines is 1. The summed E-state index contributed by atoms with van der Waals surface area (Å²) in [7, 11) is 0. The first-order valence-electron chi connectivity index (χ1n) is 7.77. The number of amides is 1. The smallest absolute Gasteiger partial charge is 0.265 e. The maximum atomic E-state index is 12.6. The number of carbonyl (C=O) groups is 1. The minimum atomic E-state index is -0.0206. The van der Waals surface area contributed by atoms with E-state index in [-0.39, 0.29) is 18.6 Å². The monoisotopic (exact) mass is 329 g/mol. The molecule has 0 aliphatic carbocycles. The van der Waals surface area contributed by atoms with Crippen LogP contribution < -0.4 is 9.64 Å². The van der Waals surface area contributed by atoms with Crippen LogP contribution in [0.25, 0.3) is 0 Å². The lowest BCUT2D eigenvalue weighted by atomic mass is 10.1. The Morgan fingerprint density at radius 1 is 1.26 bits per heavy atom. The van der Waals surface area contributed by atoms with Gasteiger partial charge in [0.1, 0.15) is 5.75 Å². The topological polar surface area (TPSA) is 29.5 Å². The van der Waals surface area contributed by atoms with Crippen LogP contribution in [0.3, 0.4) is 0 Å². The van der Waals surface area contributed by atoms with Crippen LogP contribution in [-0.2, 0) is 11.2 Å². The normalized spacial score (nSPS) is 16.3. The molecule has 3 nitrogen and oxygen atoms in total. The van der Waals surface area contributed by atoms with Crippen molar-refractivity contribution in [3.05, 3.63) is 58.1 Å². The van der Waals surface area contributed by atoms with Gasteiger partial charge in [0, 0.05) is 16.8 Å². The number of carbonyl (C=O) groups excluding carboxylic acids is 1. The van der Waals surface area contributed by atoms with Crippen molar-refractivity contribution < 1.29 is 9.53 Å². The lowest BCUT2D eigenvalue weighted by Gasteiger charge is -2.23. The first kappa shape index (κ1) is 15.9. The zero-order valence-electron chi connectivity index (χ0n) is 13.6. The molecule has 0 fully saturated rings. The highest BCUT2D eigenvalue weighted by molar-refractivity contribution is 6.32. The van der Waals surface area contributed by atoms with E-state index < -0.39 is 0 Å². The van der Waals surface area contributed by atoms with Gasteiger partial charge >= 0.3 is 0 Å². The SMILES string of the molecule is Cc1cc(OCC(=O)N2c3ccccc3C[C@H]2C)cc(C)c1Cl. The highest BCUT2D eigenvalue weighted by Gasteiger charge is 2.30. The van der Waals surface area contributed by atoms with Crippen molar-refractivity contribution in [3.63, 3.8) is 0 Å². The maximum absolute atomic E-state index is 12.6. The molecule has 1 amide bonds. The van der Waals surface area contributed by atoms with Crippen LogP contribution in [0.4, 0.5) is 5.69 Å². The second-order valence-electron chi connectivity index (χ2n) is 6.11. The van der Waals surface area contributed by atoms with Gasteiger partial charge in [-0.1, -0.05) is 29.8 Å². The third-order valence-electron chi connectivity index (χ3n) is 4.25. The third kappa shape index (κ3) is 3.06. The summed E-state index contributed by atoms with van der Waals surface area (Å²) in [5, 5.41) is 0.741. The van der Waals surface area contributed by atoms with E-state index in [0.29, 0.717) is 5.75 Å². The molecule has 0 aromatic heterocycles. The minimum absolute atomic E-state index is 0.0206. The van der Waals surface area contributed by atoms with Gasteiger partial charge in [-0.15, -0.1) is 0 Å². The van der Waals surface area contributed by atoms with Crippen molar-refractivity contribution in [2.24, 2.45) is 0 Å². The molecule has 0 radical (unpaired) electrons. The number of ether oxygens (including phenoxy) is 1. The van der Waals surface area contributed by atoms with Gasteiger partial charge in [0.2, 0.25) is 0 Å². The van der Waals surface area contributed by atoms with Gasteiger partial charge < -0.3 is 9.64 Å². The van der Waals surface area contributed by atoms with Crippen molar-refractivity contribution in [1.82, 2.24) is 0 Å². The molecular formula is C19H20ClNO2. The lowest BCUT2D eigenvalue weighted by molar-refractivity contribution is -0.120. The second kappa shape index (κ2) is 6.25. The Balaban J connectivity index is 1.73. The van der Waals surface area contributed by atoms with E-state index in [4.69, 9.17) is 16.3 Å². The molecule has 2 aromatic rings. The molecule has 3 rings (SSSR count). The summed E-state index contributed by atoms with van der Waals surface area (Å²) < 4.78 is 5.71. The van der Waals surface area contributed by atoms with Gasteiger partial charge in [-0.25, -0.2) is 0 Å². The number of halogens is 1. The zero-order valence-corrected chi connectivity index (χ0v) is 14.4. The summed E-state index contributed by atoms with van der Waals surface area (Å²) in [5.41, 5.74) is 4.12. The van der Waals surface area contributed by atoms with Gasteiger partial charge in [-0.2, -0.15) is 0 Å². The largest absolute Gasteiger partial charge is 0.484 e. The number of para-hydroxylation sites is 1. The first-order valence-corrected chi connectivity index (χ1v) is 8.14. The van der Waals surface area contributed by atoms with E-state index in [2.05, 4.69) is 13.0 Å². The first-order chi connectivity index (χ1) is 11.0. The van der Waals surface area contributed by atoms with Gasteiger partial charge in [0.05, 0.1) is 0 Å². The van der Waals surface area contributed by atoms with Crippen molar-refractivity contribution >= 4 is 23.2 Å². The molecule has 0 saturated carbocycles. The summed E-state index contributed by atoms with van der Waals surface area (Å²) in [5.74, 6) is 0.658. The second-order valence-corrected chi connectivity index (χ2v) is 6.48. The fourth-order valence-corrected chi connectivity index (χ4v) is 3.26. The van der Waals surface area contributed by atoms with Crippen LogP contribution in [0.5, 0.6) is 5.75 Å². The third-order valence-corrected chi connectivity index (χ3v) is 4.84. The van der Waals surface area contributed by atoms with Crippen molar-refractivity contribution in [2.75, 3.05) is 11.5 Å². The molecule has 1 atom stereocenters. The van der Waals surface area contributed by atoms with Crippen molar-refractivity contribution in [1.29, 1.82) is 0 Å². The molecule has 1 aliphatic rings. The van der Waals surface area contributed by atoms with Gasteiger partial charge in [0.15, 0.2) is 6.61 Å². The van der Waals surface area contributed by atoms with Gasteiger partial charge in [-0.3, -0.25) is 4.79 Å². The number of aryl methyl sites for hydroxylation is 2. The predicted molar refractivity (Wildman–Crippen MR) is 93.5 cm³/mol. The van der Waals surface area contributed by atoms with Crippen LogP contribution in [0.2, 0.25) is 5.02 Å². The Hall–Kier alpha value is -2.00. The van der Waals surface area contributed by atoms with Gasteiger partial charge in [0.25, 0.3) is 5.91 Å². The molecule has 1 heterocycles. The maximum Gasteiger partial charge on any atom is 0.265 e. The average molecular weight is 330 g/mol. The number of benzene rings is 2. The van der Waals surface area contributed by atoms with Crippen LogP contribution in [0.15, 0.2) is 36.4 Å². The zero-order chi connectivity index (χ0) is 16.6. The van der Waals surface area contributed by atoms with Gasteiger partial charge in [-0.05, 0) is 62.1 Å². The predicted octanol–water partition coefficient (Wildman–Crippen LogP) is 4.31. The molecule has 23 heavy (non-hydrogen) atoms. The van der Waals surface area contributed by atoms with Crippen molar-refractivity contribution in [2.45, 2.75) is 33.2 Å². The fourth-order valence-electron chi connectivity index (χ4n) is 3.15. The Morgan fingerprint density at radius 2 is 1.91 bits per heavy atom. The van der Waals surface area contributed by atoms with E-state index >= 15 is 0 Å². The number of nitrogens with zero attached hydrogens (tertiary/aromatic N) is 1. The minimum Gasteiger partial charge on any atom is -0.484 e. The van der Waals surface area contributed by atoms with E-state index in [1.54, 1.807) is 0 Å². The average Bonchev–Trinajstić information content (AvgIpc) is 2.86. The Bertz CT molecular complexity index is 734. The van der Waals surface area contributed by atoms with E-state index in [1.807, 2.05) is 49.1 Å². The summed E-state index contributed by atoms with van der Waals surface area (Å²) in [6.07, 6.45) is 0.890. The number of hydrogen-bond donors (Lipinski definition) is 0. The molecular weight excluding hydrogens is 310 g/mol. The van der Waals surface area contributed by atoms with Crippen LogP contribution in [-0.4, -0.2) is 18.6 Å². The number of rotatable bonds is 3. The summed E-state index contributed by atoms with van der Waals surface area (Å²) in [4.78, 5) is 14.4. The molecule has 0 spiro atoms. The van der Waals surface area contributed by atoms with E-state index in [9.17, 15) is 4.79 Å². The summed E-state index contributed by atoms with van der Waals surface area (Å²) >= 11 is 6.16. The molecule has 2 aromatic carbocycles. The van der Waals surface area contributed by atoms with Crippen LogP contribution in [0, 0.1) is 13.8 Å². The van der Waals surface area contributed by atoms with Crippen LogP contribution >= 0.6 is 11.6 Å². The van der Waals surface area contributed by atoms with E-state index in [1.165, 1.54) is 5.56 Å². The Kier molecular flexibility index (Phi) is 4.31. The van der Waals surface area contributed by atoms with E-state index in [0.717, 1.165) is 28.3 Å². The number of hydrogen-bond acceptors (Lipinski definition) is 2. The van der Waals surface area contributed by atoms with Crippen LogP contribution in [0.1, 0.15) is 23.6 Å². The number of fused-ring (bicyclic) bond motifs is 1. The Labute approximate surface area is 141 Å². The standard InChI is InChI=1S/C19H20ClNO2/c1-12-8-16(9-13(2)19(12)20)23-11-18(22)21-14(3)10-15-6-4-5-7-17(15)21/h4-9,14H,10-11H2,1-3H3/t14-/m1/s1. The highest BCUT2D eigenvalue weighted by Crippen LogP contribution is 2.32.